The highest BCUT2D eigenvalue weighted by molar-refractivity contribution is 5.82. The molecule has 1 N–H and O–H groups in total. The van der Waals surface area contributed by atoms with Crippen molar-refractivity contribution in [3.05, 3.63) is 35.6 Å². The van der Waals surface area contributed by atoms with Gasteiger partial charge in [-0.1, -0.05) is 19.1 Å². The molecule has 0 spiro atoms. The first-order chi connectivity index (χ1) is 11.9. The zero-order valence-corrected chi connectivity index (χ0v) is 15.3. The SMILES string of the molecule is C[C@H]1C[C@@H]1C(=O)NCCC(=O)N(CCN(C)C)Cc1cccc(F)c1. The third-order valence-electron chi connectivity index (χ3n) is 4.52. The van der Waals surface area contributed by atoms with Gasteiger partial charge in [-0.15, -0.1) is 0 Å². The molecule has 2 rings (SSSR count). The van der Waals surface area contributed by atoms with Crippen LogP contribution in [-0.2, 0) is 16.1 Å². The highest BCUT2D eigenvalue weighted by Crippen LogP contribution is 2.37. The van der Waals surface area contributed by atoms with Crippen molar-refractivity contribution in [2.24, 2.45) is 11.8 Å². The van der Waals surface area contributed by atoms with Crippen LogP contribution in [0.1, 0.15) is 25.3 Å². The lowest BCUT2D eigenvalue weighted by atomic mass is 10.2. The van der Waals surface area contributed by atoms with Crippen molar-refractivity contribution in [1.82, 2.24) is 15.1 Å². The molecule has 25 heavy (non-hydrogen) atoms. The molecular weight excluding hydrogens is 321 g/mol. The van der Waals surface area contributed by atoms with Crippen LogP contribution in [0.25, 0.3) is 0 Å². The Kier molecular flexibility index (Phi) is 6.93. The number of benzene rings is 1. The van der Waals surface area contributed by atoms with E-state index in [1.165, 1.54) is 12.1 Å². The van der Waals surface area contributed by atoms with Crippen molar-refractivity contribution in [1.29, 1.82) is 0 Å². The number of amides is 2. The van der Waals surface area contributed by atoms with Gasteiger partial charge in [-0.25, -0.2) is 4.39 Å². The first-order valence-corrected chi connectivity index (χ1v) is 8.81. The van der Waals surface area contributed by atoms with Gasteiger partial charge in [0.15, 0.2) is 0 Å². The first kappa shape index (κ1) is 19.4. The van der Waals surface area contributed by atoms with Crippen LogP contribution in [0.4, 0.5) is 4.39 Å². The van der Waals surface area contributed by atoms with Crippen LogP contribution >= 0.6 is 0 Å². The zero-order valence-electron chi connectivity index (χ0n) is 15.3. The van der Waals surface area contributed by atoms with Crippen LogP contribution in [0.5, 0.6) is 0 Å². The second kappa shape index (κ2) is 8.94. The summed E-state index contributed by atoms with van der Waals surface area (Å²) in [4.78, 5) is 28.1. The summed E-state index contributed by atoms with van der Waals surface area (Å²) in [5.74, 6) is 0.288. The molecule has 5 nitrogen and oxygen atoms in total. The van der Waals surface area contributed by atoms with Gasteiger partial charge >= 0.3 is 0 Å². The van der Waals surface area contributed by atoms with E-state index in [1.807, 2.05) is 25.1 Å². The fourth-order valence-electron chi connectivity index (χ4n) is 2.74. The van der Waals surface area contributed by atoms with E-state index in [1.54, 1.807) is 11.0 Å². The number of hydrogen-bond donors (Lipinski definition) is 1. The fourth-order valence-corrected chi connectivity index (χ4v) is 2.74. The monoisotopic (exact) mass is 349 g/mol. The Balaban J connectivity index is 1.86. The minimum absolute atomic E-state index is 0.0322. The number of likely N-dealkylation sites (N-methyl/N-ethyl adjacent to an activating group) is 1. The highest BCUT2D eigenvalue weighted by Gasteiger charge is 2.38. The summed E-state index contributed by atoms with van der Waals surface area (Å²) in [7, 11) is 3.89. The van der Waals surface area contributed by atoms with E-state index in [9.17, 15) is 14.0 Å². The second-order valence-corrected chi connectivity index (χ2v) is 7.11. The Morgan fingerprint density at radius 3 is 2.60 bits per heavy atom. The van der Waals surface area contributed by atoms with E-state index >= 15 is 0 Å². The Bertz CT molecular complexity index is 606. The molecule has 0 aliphatic heterocycles. The lowest BCUT2D eigenvalue weighted by Gasteiger charge is -2.25. The van der Waals surface area contributed by atoms with E-state index < -0.39 is 0 Å². The molecule has 0 heterocycles. The second-order valence-electron chi connectivity index (χ2n) is 7.11. The molecule has 2 amide bonds. The van der Waals surface area contributed by atoms with Gasteiger partial charge in [0.1, 0.15) is 5.82 Å². The zero-order chi connectivity index (χ0) is 18.4. The Morgan fingerprint density at radius 2 is 2.00 bits per heavy atom. The number of carbonyl (C=O) groups is 2. The van der Waals surface area contributed by atoms with Crippen LogP contribution in [0.2, 0.25) is 0 Å². The number of halogens is 1. The molecular formula is C19H28FN3O2. The Morgan fingerprint density at radius 1 is 1.28 bits per heavy atom. The number of rotatable bonds is 9. The molecule has 1 saturated carbocycles. The topological polar surface area (TPSA) is 52.7 Å². The summed E-state index contributed by atoms with van der Waals surface area (Å²) in [6.07, 6.45) is 1.20. The highest BCUT2D eigenvalue weighted by atomic mass is 19.1. The minimum Gasteiger partial charge on any atom is -0.355 e. The molecule has 2 atom stereocenters. The summed E-state index contributed by atoms with van der Waals surface area (Å²) in [5.41, 5.74) is 0.767. The largest absolute Gasteiger partial charge is 0.355 e. The predicted molar refractivity (Wildman–Crippen MR) is 95.3 cm³/mol. The van der Waals surface area contributed by atoms with Gasteiger partial charge in [-0.3, -0.25) is 9.59 Å². The Labute approximate surface area is 149 Å². The molecule has 1 fully saturated rings. The normalized spacial score (nSPS) is 18.9. The number of carbonyl (C=O) groups excluding carboxylic acids is 2. The van der Waals surface area contributed by atoms with Gasteiger partial charge in [-0.2, -0.15) is 0 Å². The molecule has 0 bridgehead atoms. The lowest BCUT2D eigenvalue weighted by molar-refractivity contribution is -0.132. The van der Waals surface area contributed by atoms with Crippen LogP contribution in [0.3, 0.4) is 0 Å². The van der Waals surface area contributed by atoms with Crippen molar-refractivity contribution in [3.63, 3.8) is 0 Å². The summed E-state index contributed by atoms with van der Waals surface area (Å²) in [6, 6.07) is 6.31. The van der Waals surface area contributed by atoms with E-state index in [4.69, 9.17) is 0 Å². The fraction of sp³-hybridized carbons (Fsp3) is 0.579. The van der Waals surface area contributed by atoms with Crippen LogP contribution in [0, 0.1) is 17.7 Å². The number of hydrogen-bond acceptors (Lipinski definition) is 3. The first-order valence-electron chi connectivity index (χ1n) is 8.81. The molecule has 1 aliphatic carbocycles. The van der Waals surface area contributed by atoms with E-state index in [-0.39, 0.29) is 30.0 Å². The van der Waals surface area contributed by atoms with E-state index in [2.05, 4.69) is 12.2 Å². The maximum Gasteiger partial charge on any atom is 0.224 e. The summed E-state index contributed by atoms with van der Waals surface area (Å²) in [5, 5.41) is 2.84. The van der Waals surface area contributed by atoms with Crippen molar-refractivity contribution in [3.8, 4) is 0 Å². The third-order valence-corrected chi connectivity index (χ3v) is 4.52. The molecule has 138 valence electrons. The molecule has 1 aliphatic rings. The Hall–Kier alpha value is -1.95. The van der Waals surface area contributed by atoms with Crippen LogP contribution in [-0.4, -0.2) is 55.3 Å². The maximum absolute atomic E-state index is 13.4. The predicted octanol–water partition coefficient (Wildman–Crippen LogP) is 1.88. The van der Waals surface area contributed by atoms with Crippen molar-refractivity contribution < 1.29 is 14.0 Å². The van der Waals surface area contributed by atoms with Gasteiger partial charge < -0.3 is 15.1 Å². The summed E-state index contributed by atoms with van der Waals surface area (Å²) in [6.45, 7) is 4.07. The quantitative estimate of drug-likeness (QED) is 0.741. The summed E-state index contributed by atoms with van der Waals surface area (Å²) < 4.78 is 13.4. The standard InChI is InChI=1S/C19H28FN3O2/c1-14-11-17(14)19(25)21-8-7-18(24)23(10-9-22(2)3)13-15-5-4-6-16(20)12-15/h4-6,12,14,17H,7-11,13H2,1-3H3,(H,21,25)/t14-,17-/m0/s1. The van der Waals surface area contributed by atoms with E-state index in [0.29, 0.717) is 25.6 Å². The van der Waals surface area contributed by atoms with Gasteiger partial charge in [-0.05, 0) is 44.1 Å². The van der Waals surface area contributed by atoms with Crippen LogP contribution in [0.15, 0.2) is 24.3 Å². The molecule has 6 heteroatoms. The third kappa shape index (κ3) is 6.46. The van der Waals surface area contributed by atoms with Crippen molar-refractivity contribution in [2.75, 3.05) is 33.7 Å². The minimum atomic E-state index is -0.302. The average Bonchev–Trinajstić information content (AvgIpc) is 3.28. The molecule has 0 saturated heterocycles. The van der Waals surface area contributed by atoms with Gasteiger partial charge in [0.2, 0.25) is 11.8 Å². The average molecular weight is 349 g/mol. The smallest absolute Gasteiger partial charge is 0.224 e. The van der Waals surface area contributed by atoms with Crippen molar-refractivity contribution in [2.45, 2.75) is 26.3 Å². The lowest BCUT2D eigenvalue weighted by Crippen LogP contribution is -2.38. The van der Waals surface area contributed by atoms with Gasteiger partial charge in [0.25, 0.3) is 0 Å². The maximum atomic E-state index is 13.4. The molecule has 1 aromatic carbocycles. The number of nitrogens with zero attached hydrogens (tertiary/aromatic N) is 2. The van der Waals surface area contributed by atoms with Crippen LogP contribution < -0.4 is 5.32 Å². The molecule has 0 radical (unpaired) electrons. The van der Waals surface area contributed by atoms with Crippen molar-refractivity contribution >= 4 is 11.8 Å². The van der Waals surface area contributed by atoms with E-state index in [0.717, 1.165) is 18.5 Å². The number of nitrogens with one attached hydrogen (secondary N) is 1. The van der Waals surface area contributed by atoms with Gasteiger partial charge in [0.05, 0.1) is 0 Å². The van der Waals surface area contributed by atoms with Gasteiger partial charge in [0, 0.05) is 38.5 Å². The molecule has 1 aromatic rings. The molecule has 0 aromatic heterocycles. The summed E-state index contributed by atoms with van der Waals surface area (Å²) >= 11 is 0. The molecule has 0 unspecified atom stereocenters.